The summed E-state index contributed by atoms with van der Waals surface area (Å²) in [4.78, 5) is 13.7. The Balaban J connectivity index is 1.54. The van der Waals surface area contributed by atoms with Gasteiger partial charge in [-0.3, -0.25) is 4.90 Å². The van der Waals surface area contributed by atoms with Crippen LogP contribution in [0.4, 0.5) is 0 Å². The molecule has 0 atom stereocenters. The Hall–Kier alpha value is -2.48. The van der Waals surface area contributed by atoms with E-state index >= 15 is 0 Å². The van der Waals surface area contributed by atoms with Crippen molar-refractivity contribution >= 4 is 22.1 Å². The van der Waals surface area contributed by atoms with Crippen LogP contribution in [0, 0.1) is 0 Å². The van der Waals surface area contributed by atoms with Crippen LogP contribution in [0.5, 0.6) is 0 Å². The fraction of sp³-hybridized carbons (Fsp3) is 0.286. The third kappa shape index (κ3) is 5.07. The summed E-state index contributed by atoms with van der Waals surface area (Å²) in [5.41, 5.74) is 2.07. The average molecular weight is 401 g/mol. The van der Waals surface area contributed by atoms with Gasteiger partial charge in [0.05, 0.1) is 12.0 Å². The highest BCUT2D eigenvalue weighted by Gasteiger charge is 2.28. The van der Waals surface area contributed by atoms with Crippen molar-refractivity contribution < 1.29 is 17.9 Å². The maximum absolute atomic E-state index is 12.7. The first-order chi connectivity index (χ1) is 13.5. The van der Waals surface area contributed by atoms with E-state index in [1.165, 1.54) is 13.2 Å². The minimum Gasteiger partial charge on any atom is -0.466 e. The topological polar surface area (TPSA) is 66.9 Å². The van der Waals surface area contributed by atoms with Gasteiger partial charge in [-0.25, -0.2) is 13.2 Å². The van der Waals surface area contributed by atoms with Crippen molar-refractivity contribution in [3.05, 3.63) is 71.8 Å². The molecule has 0 spiro atoms. The molecule has 0 saturated carbocycles. The minimum absolute atomic E-state index is 0.346. The Morgan fingerprint density at radius 2 is 1.64 bits per heavy atom. The van der Waals surface area contributed by atoms with Gasteiger partial charge in [-0.05, 0) is 29.3 Å². The van der Waals surface area contributed by atoms with Gasteiger partial charge in [0.2, 0.25) is 10.0 Å². The molecule has 0 amide bonds. The normalized spacial score (nSPS) is 16.3. The van der Waals surface area contributed by atoms with Crippen molar-refractivity contribution in [2.24, 2.45) is 0 Å². The molecule has 1 aliphatic heterocycles. The number of nitrogens with zero attached hydrogens (tertiary/aromatic N) is 2. The van der Waals surface area contributed by atoms with Crippen LogP contribution < -0.4 is 0 Å². The molecule has 0 unspecified atom stereocenters. The van der Waals surface area contributed by atoms with Crippen LogP contribution in [-0.2, 0) is 26.1 Å². The minimum atomic E-state index is -3.42. The molecule has 1 aliphatic rings. The van der Waals surface area contributed by atoms with Gasteiger partial charge in [0.25, 0.3) is 0 Å². The summed E-state index contributed by atoms with van der Waals surface area (Å²) < 4.78 is 31.5. The molecular formula is C21H24N2O4S. The summed E-state index contributed by atoms with van der Waals surface area (Å²) in [5.74, 6) is -0.382. The van der Waals surface area contributed by atoms with Gasteiger partial charge in [0, 0.05) is 38.8 Å². The summed E-state index contributed by atoms with van der Waals surface area (Å²) >= 11 is 0. The zero-order valence-corrected chi connectivity index (χ0v) is 16.6. The standard InChI is InChI=1S/C21H24N2O4S/c1-27-21(24)12-11-18-7-9-19(10-8-18)17-22-13-15-23(16-14-22)28(25,26)20-5-3-2-4-6-20/h2-12H,13-17H2,1H3. The van der Waals surface area contributed by atoms with Gasteiger partial charge in [0.15, 0.2) is 0 Å². The first-order valence-electron chi connectivity index (χ1n) is 9.11. The van der Waals surface area contributed by atoms with Crippen molar-refractivity contribution in [1.29, 1.82) is 0 Å². The van der Waals surface area contributed by atoms with Crippen molar-refractivity contribution in [1.82, 2.24) is 9.21 Å². The van der Waals surface area contributed by atoms with Gasteiger partial charge in [-0.2, -0.15) is 4.31 Å². The molecule has 1 heterocycles. The molecule has 148 valence electrons. The highest BCUT2D eigenvalue weighted by atomic mass is 32.2. The maximum atomic E-state index is 12.7. The maximum Gasteiger partial charge on any atom is 0.330 e. The fourth-order valence-electron chi connectivity index (χ4n) is 3.09. The van der Waals surface area contributed by atoms with Crippen LogP contribution in [0.25, 0.3) is 6.08 Å². The van der Waals surface area contributed by atoms with E-state index < -0.39 is 10.0 Å². The molecule has 3 rings (SSSR count). The molecule has 1 fully saturated rings. The Kier molecular flexibility index (Phi) is 6.61. The predicted molar refractivity (Wildman–Crippen MR) is 108 cm³/mol. The van der Waals surface area contributed by atoms with Gasteiger partial charge in [-0.15, -0.1) is 0 Å². The monoisotopic (exact) mass is 400 g/mol. The zero-order chi connectivity index (χ0) is 20.0. The van der Waals surface area contributed by atoms with Crippen LogP contribution in [-0.4, -0.2) is 56.9 Å². The Morgan fingerprint density at radius 3 is 2.25 bits per heavy atom. The molecule has 0 aromatic heterocycles. The molecule has 0 radical (unpaired) electrons. The highest BCUT2D eigenvalue weighted by molar-refractivity contribution is 7.89. The number of esters is 1. The number of piperazine rings is 1. The lowest BCUT2D eigenvalue weighted by atomic mass is 10.1. The second-order valence-corrected chi connectivity index (χ2v) is 8.53. The summed E-state index contributed by atoms with van der Waals surface area (Å²) in [6.45, 7) is 3.11. The number of hydrogen-bond donors (Lipinski definition) is 0. The number of sulfonamides is 1. The van der Waals surface area contributed by atoms with Crippen LogP contribution in [0.1, 0.15) is 11.1 Å². The first-order valence-corrected chi connectivity index (χ1v) is 10.6. The van der Waals surface area contributed by atoms with Crippen LogP contribution >= 0.6 is 0 Å². The fourth-order valence-corrected chi connectivity index (χ4v) is 4.54. The molecule has 6 nitrogen and oxygen atoms in total. The van der Waals surface area contributed by atoms with Crippen LogP contribution in [0.3, 0.4) is 0 Å². The molecule has 0 aliphatic carbocycles. The Labute approximate surface area is 166 Å². The van der Waals surface area contributed by atoms with E-state index in [0.29, 0.717) is 31.1 Å². The van der Waals surface area contributed by atoms with E-state index in [4.69, 9.17) is 0 Å². The molecule has 7 heteroatoms. The zero-order valence-electron chi connectivity index (χ0n) is 15.8. The van der Waals surface area contributed by atoms with Crippen molar-refractivity contribution in [2.75, 3.05) is 33.3 Å². The summed E-state index contributed by atoms with van der Waals surface area (Å²) in [6.07, 6.45) is 3.10. The van der Waals surface area contributed by atoms with Crippen molar-refractivity contribution in [3.63, 3.8) is 0 Å². The molecule has 28 heavy (non-hydrogen) atoms. The third-order valence-corrected chi connectivity index (χ3v) is 6.62. The van der Waals surface area contributed by atoms with E-state index in [2.05, 4.69) is 9.64 Å². The van der Waals surface area contributed by atoms with Crippen LogP contribution in [0.15, 0.2) is 65.6 Å². The molecule has 2 aromatic rings. The highest BCUT2D eigenvalue weighted by Crippen LogP contribution is 2.18. The SMILES string of the molecule is COC(=O)C=Cc1ccc(CN2CCN(S(=O)(=O)c3ccccc3)CC2)cc1. The quantitative estimate of drug-likeness (QED) is 0.550. The van der Waals surface area contributed by atoms with E-state index in [1.54, 1.807) is 34.6 Å². The van der Waals surface area contributed by atoms with E-state index in [0.717, 1.165) is 17.7 Å². The van der Waals surface area contributed by atoms with Gasteiger partial charge >= 0.3 is 5.97 Å². The number of carbonyl (C=O) groups is 1. The summed E-state index contributed by atoms with van der Waals surface area (Å²) in [5, 5.41) is 0. The number of rotatable bonds is 6. The average Bonchev–Trinajstić information content (AvgIpc) is 2.74. The number of benzene rings is 2. The second-order valence-electron chi connectivity index (χ2n) is 6.59. The Bertz CT molecular complexity index is 917. The Morgan fingerprint density at radius 1 is 1.00 bits per heavy atom. The summed E-state index contributed by atoms with van der Waals surface area (Å²) in [7, 11) is -2.07. The number of carbonyl (C=O) groups excluding carboxylic acids is 1. The molecule has 2 aromatic carbocycles. The van der Waals surface area contributed by atoms with E-state index in [1.807, 2.05) is 30.3 Å². The van der Waals surface area contributed by atoms with E-state index in [-0.39, 0.29) is 5.97 Å². The molecule has 1 saturated heterocycles. The summed E-state index contributed by atoms with van der Waals surface area (Å²) in [6, 6.07) is 16.5. The second kappa shape index (κ2) is 9.14. The van der Waals surface area contributed by atoms with Crippen molar-refractivity contribution in [2.45, 2.75) is 11.4 Å². The molecule has 0 bridgehead atoms. The first kappa shape index (κ1) is 20.3. The molecule has 0 N–H and O–H groups in total. The number of methoxy groups -OCH3 is 1. The van der Waals surface area contributed by atoms with Gasteiger partial charge < -0.3 is 4.74 Å². The van der Waals surface area contributed by atoms with Gasteiger partial charge in [-0.1, -0.05) is 42.5 Å². The lowest BCUT2D eigenvalue weighted by Gasteiger charge is -2.34. The largest absolute Gasteiger partial charge is 0.466 e. The smallest absolute Gasteiger partial charge is 0.330 e. The molecular weight excluding hydrogens is 376 g/mol. The predicted octanol–water partition coefficient (Wildman–Crippen LogP) is 2.38. The number of ether oxygens (including phenoxy) is 1. The third-order valence-electron chi connectivity index (χ3n) is 4.71. The van der Waals surface area contributed by atoms with E-state index in [9.17, 15) is 13.2 Å². The van der Waals surface area contributed by atoms with Gasteiger partial charge in [0.1, 0.15) is 0 Å². The van der Waals surface area contributed by atoms with Crippen molar-refractivity contribution in [3.8, 4) is 0 Å². The lowest BCUT2D eigenvalue weighted by Crippen LogP contribution is -2.48. The van der Waals surface area contributed by atoms with Crippen LogP contribution in [0.2, 0.25) is 0 Å². The number of hydrogen-bond acceptors (Lipinski definition) is 5. The lowest BCUT2D eigenvalue weighted by molar-refractivity contribution is -0.134.